The van der Waals surface area contributed by atoms with Crippen LogP contribution in [-0.4, -0.2) is 16.1 Å². The Hall–Kier alpha value is -1.40. The van der Waals surface area contributed by atoms with Crippen LogP contribution in [0.3, 0.4) is 0 Å². The third kappa shape index (κ3) is 5.71. The highest BCUT2D eigenvalue weighted by Gasteiger charge is 2.15. The van der Waals surface area contributed by atoms with E-state index in [1.165, 1.54) is 0 Å². The Morgan fingerprint density at radius 3 is 2.50 bits per heavy atom. The van der Waals surface area contributed by atoms with E-state index in [-0.39, 0.29) is 11.7 Å². The first kappa shape index (κ1) is 16.7. The standard InChI is InChI=1S/C14H22N2O3S/c1-4-11(2)10-20(15,18)16-14(17)19-12(3)13-8-6-5-7-9-13/h5-9,11-12H,4,10H2,1-3H3,(H2,15,16,17,18)/t11-,12-,20?/m0/s1. The number of amides is 1. The van der Waals surface area contributed by atoms with Gasteiger partial charge in [-0.05, 0) is 18.4 Å². The van der Waals surface area contributed by atoms with Crippen molar-refractivity contribution in [2.75, 3.05) is 5.75 Å². The van der Waals surface area contributed by atoms with Crippen LogP contribution in [0.15, 0.2) is 34.7 Å². The first-order valence-electron chi connectivity index (χ1n) is 6.62. The smallest absolute Gasteiger partial charge is 0.440 e. The van der Waals surface area contributed by atoms with Crippen LogP contribution in [0.25, 0.3) is 0 Å². The van der Waals surface area contributed by atoms with Gasteiger partial charge in [-0.25, -0.2) is 14.1 Å². The van der Waals surface area contributed by atoms with Gasteiger partial charge >= 0.3 is 6.09 Å². The maximum atomic E-state index is 12.0. The Labute approximate surface area is 120 Å². The molecule has 0 radical (unpaired) electrons. The Bertz CT molecular complexity index is 551. The molecule has 5 nitrogen and oxygen atoms in total. The molecule has 0 spiro atoms. The Morgan fingerprint density at radius 2 is 1.95 bits per heavy atom. The lowest BCUT2D eigenvalue weighted by atomic mass is 10.1. The van der Waals surface area contributed by atoms with Crippen LogP contribution in [0.5, 0.6) is 0 Å². The monoisotopic (exact) mass is 298 g/mol. The molecular weight excluding hydrogens is 276 g/mol. The lowest BCUT2D eigenvalue weighted by Gasteiger charge is -2.13. The number of hydrogen-bond donors (Lipinski definition) is 1. The van der Waals surface area contributed by atoms with Crippen molar-refractivity contribution in [1.82, 2.24) is 0 Å². The van der Waals surface area contributed by atoms with Gasteiger partial charge in [-0.1, -0.05) is 50.6 Å². The summed E-state index contributed by atoms with van der Waals surface area (Å²) < 4.78 is 20.6. The zero-order valence-corrected chi connectivity index (χ0v) is 12.9. The van der Waals surface area contributed by atoms with Crippen LogP contribution in [0.2, 0.25) is 0 Å². The third-order valence-electron chi connectivity index (χ3n) is 3.00. The van der Waals surface area contributed by atoms with Crippen LogP contribution in [0.4, 0.5) is 4.79 Å². The highest BCUT2D eigenvalue weighted by Crippen LogP contribution is 2.17. The van der Waals surface area contributed by atoms with Gasteiger partial charge in [-0.15, -0.1) is 4.36 Å². The minimum absolute atomic E-state index is 0.149. The highest BCUT2D eigenvalue weighted by atomic mass is 32.2. The summed E-state index contributed by atoms with van der Waals surface area (Å²) >= 11 is 0. The molecule has 112 valence electrons. The molecule has 3 atom stereocenters. The lowest BCUT2D eigenvalue weighted by Crippen LogP contribution is -2.23. The molecule has 0 bridgehead atoms. The first-order valence-corrected chi connectivity index (χ1v) is 8.37. The van der Waals surface area contributed by atoms with Gasteiger partial charge in [0.2, 0.25) is 0 Å². The molecule has 2 N–H and O–H groups in total. The summed E-state index contributed by atoms with van der Waals surface area (Å²) in [5, 5.41) is 5.57. The minimum atomic E-state index is -3.02. The molecule has 1 aromatic carbocycles. The van der Waals surface area contributed by atoms with Crippen molar-refractivity contribution in [3.63, 3.8) is 0 Å². The van der Waals surface area contributed by atoms with E-state index in [4.69, 9.17) is 9.88 Å². The zero-order valence-electron chi connectivity index (χ0n) is 12.1. The zero-order chi connectivity index (χ0) is 15.2. The highest BCUT2D eigenvalue weighted by molar-refractivity contribution is 7.91. The van der Waals surface area contributed by atoms with Crippen molar-refractivity contribution in [2.45, 2.75) is 33.3 Å². The molecule has 0 aliphatic carbocycles. The molecule has 1 amide bonds. The maximum Gasteiger partial charge on any atom is 0.443 e. The number of ether oxygens (including phenoxy) is 1. The summed E-state index contributed by atoms with van der Waals surface area (Å²) in [6.45, 7) is 5.62. The summed E-state index contributed by atoms with van der Waals surface area (Å²) in [4.78, 5) is 11.7. The number of nitrogens with zero attached hydrogens (tertiary/aromatic N) is 1. The van der Waals surface area contributed by atoms with E-state index in [0.29, 0.717) is 0 Å². The van der Waals surface area contributed by atoms with Crippen molar-refractivity contribution in [1.29, 1.82) is 0 Å². The molecule has 1 unspecified atom stereocenters. The number of benzene rings is 1. The van der Waals surface area contributed by atoms with E-state index in [9.17, 15) is 9.00 Å². The second-order valence-electron chi connectivity index (χ2n) is 4.90. The summed E-state index contributed by atoms with van der Waals surface area (Å²) in [6, 6.07) is 9.27. The van der Waals surface area contributed by atoms with Gasteiger partial charge in [0.25, 0.3) is 0 Å². The fourth-order valence-electron chi connectivity index (χ4n) is 1.65. The van der Waals surface area contributed by atoms with E-state index in [1.807, 2.05) is 44.2 Å². The molecule has 0 aromatic heterocycles. The van der Waals surface area contributed by atoms with Gasteiger partial charge in [0.05, 0.1) is 0 Å². The first-order chi connectivity index (χ1) is 9.34. The molecular formula is C14H22N2O3S. The molecule has 0 aliphatic rings. The number of rotatable bonds is 5. The van der Waals surface area contributed by atoms with Crippen molar-refractivity contribution < 1.29 is 13.7 Å². The summed E-state index contributed by atoms with van der Waals surface area (Å²) in [7, 11) is -3.02. The normalized spacial score (nSPS) is 16.8. The van der Waals surface area contributed by atoms with E-state index in [1.54, 1.807) is 6.92 Å². The fraction of sp³-hybridized carbons (Fsp3) is 0.500. The predicted octanol–water partition coefficient (Wildman–Crippen LogP) is 3.27. The minimum Gasteiger partial charge on any atom is -0.440 e. The topological polar surface area (TPSA) is 81.8 Å². The second-order valence-corrected chi connectivity index (χ2v) is 6.79. The van der Waals surface area contributed by atoms with E-state index >= 15 is 0 Å². The molecule has 0 saturated heterocycles. The number of carbonyl (C=O) groups is 1. The van der Waals surface area contributed by atoms with Gasteiger partial charge in [-0.3, -0.25) is 0 Å². The molecule has 0 heterocycles. The second kappa shape index (κ2) is 7.40. The number of hydrogen-bond acceptors (Lipinski definition) is 3. The summed E-state index contributed by atoms with van der Waals surface area (Å²) in [5.41, 5.74) is 0.849. The van der Waals surface area contributed by atoms with Crippen LogP contribution < -0.4 is 5.14 Å². The molecule has 6 heteroatoms. The van der Waals surface area contributed by atoms with Gasteiger partial charge in [-0.2, -0.15) is 0 Å². The number of carbonyl (C=O) groups excluding carboxylic acids is 1. The molecule has 1 aromatic rings. The average Bonchev–Trinajstić information content (AvgIpc) is 2.38. The molecule has 1 rings (SSSR count). The van der Waals surface area contributed by atoms with E-state index in [0.717, 1.165) is 12.0 Å². The fourth-order valence-corrected chi connectivity index (χ4v) is 3.07. The summed E-state index contributed by atoms with van der Waals surface area (Å²) in [6.07, 6.45) is -0.498. The van der Waals surface area contributed by atoms with E-state index in [2.05, 4.69) is 4.36 Å². The van der Waals surface area contributed by atoms with Crippen LogP contribution in [0.1, 0.15) is 38.9 Å². The Balaban J connectivity index is 2.69. The largest absolute Gasteiger partial charge is 0.443 e. The molecule has 0 fully saturated rings. The van der Waals surface area contributed by atoms with Crippen LogP contribution in [-0.2, 0) is 14.7 Å². The third-order valence-corrected chi connectivity index (χ3v) is 4.50. The van der Waals surface area contributed by atoms with Crippen LogP contribution in [0, 0.1) is 5.92 Å². The average molecular weight is 298 g/mol. The molecule has 0 aliphatic heterocycles. The van der Waals surface area contributed by atoms with Gasteiger partial charge in [0.15, 0.2) is 0 Å². The molecule has 0 saturated carbocycles. The maximum absolute atomic E-state index is 12.0. The van der Waals surface area contributed by atoms with Crippen LogP contribution >= 0.6 is 0 Å². The van der Waals surface area contributed by atoms with Crippen molar-refractivity contribution in [3.05, 3.63) is 35.9 Å². The van der Waals surface area contributed by atoms with Crippen molar-refractivity contribution in [2.24, 2.45) is 15.4 Å². The lowest BCUT2D eigenvalue weighted by molar-refractivity contribution is 0.117. The van der Waals surface area contributed by atoms with Crippen molar-refractivity contribution in [3.8, 4) is 0 Å². The summed E-state index contributed by atoms with van der Waals surface area (Å²) in [5.74, 6) is 0.341. The Kier molecular flexibility index (Phi) is 6.16. The predicted molar refractivity (Wildman–Crippen MR) is 80.4 cm³/mol. The molecule has 20 heavy (non-hydrogen) atoms. The van der Waals surface area contributed by atoms with Crippen molar-refractivity contribution >= 4 is 16.0 Å². The Morgan fingerprint density at radius 1 is 1.35 bits per heavy atom. The number of nitrogens with two attached hydrogens (primary N) is 1. The van der Waals surface area contributed by atoms with Gasteiger partial charge in [0.1, 0.15) is 16.0 Å². The van der Waals surface area contributed by atoms with Gasteiger partial charge in [0, 0.05) is 5.75 Å². The van der Waals surface area contributed by atoms with Gasteiger partial charge < -0.3 is 4.74 Å². The SMILES string of the molecule is CC[C@H](C)CS(N)(=O)=NC(=O)O[C@@H](C)c1ccccc1. The van der Waals surface area contributed by atoms with E-state index < -0.39 is 22.1 Å². The quantitative estimate of drug-likeness (QED) is 0.905.